The summed E-state index contributed by atoms with van der Waals surface area (Å²) in [6, 6.07) is -0.457. The first-order chi connectivity index (χ1) is 9.02. The Morgan fingerprint density at radius 2 is 2.42 bits per heavy atom. The van der Waals surface area contributed by atoms with Crippen molar-refractivity contribution in [1.82, 2.24) is 15.1 Å². The van der Waals surface area contributed by atoms with Crippen molar-refractivity contribution in [3.63, 3.8) is 0 Å². The minimum atomic E-state index is -0.457. The summed E-state index contributed by atoms with van der Waals surface area (Å²) in [6.45, 7) is 2.61. The highest BCUT2D eigenvalue weighted by molar-refractivity contribution is 6.01. The molecule has 2 heterocycles. The average Bonchev–Trinajstić information content (AvgIpc) is 2.96. The number of rotatable bonds is 4. The molecule has 0 aromatic carbocycles. The Hall–Kier alpha value is -1.89. The molecule has 104 valence electrons. The van der Waals surface area contributed by atoms with Gasteiger partial charge >= 0.3 is 0 Å². The molecule has 0 bridgehead atoms. The molecular formula is C12H19N5O2. The van der Waals surface area contributed by atoms with Crippen molar-refractivity contribution >= 4 is 17.5 Å². The Kier molecular flexibility index (Phi) is 3.84. The van der Waals surface area contributed by atoms with E-state index >= 15 is 0 Å². The normalized spacial score (nSPS) is 20.7. The van der Waals surface area contributed by atoms with Crippen LogP contribution in [-0.2, 0) is 16.6 Å². The van der Waals surface area contributed by atoms with Gasteiger partial charge in [0.15, 0.2) is 0 Å². The minimum absolute atomic E-state index is 0.0921. The molecule has 1 aromatic heterocycles. The van der Waals surface area contributed by atoms with Crippen LogP contribution in [0.15, 0.2) is 12.4 Å². The standard InChI is InChI=1S/C12H19N5O2/c1-8(5-13)11(18)15-10-3-4-17(12(10)19)9-6-14-16(2)7-9/h6-8,10H,3-5,13H2,1-2H3,(H,15,18). The van der Waals surface area contributed by atoms with E-state index in [-0.39, 0.29) is 24.3 Å². The molecule has 1 fully saturated rings. The van der Waals surface area contributed by atoms with Crippen LogP contribution in [0.5, 0.6) is 0 Å². The number of amides is 2. The number of carbonyl (C=O) groups is 2. The molecule has 0 aliphatic carbocycles. The van der Waals surface area contributed by atoms with Crippen LogP contribution >= 0.6 is 0 Å². The highest BCUT2D eigenvalue weighted by atomic mass is 16.2. The molecule has 2 atom stereocenters. The number of aromatic nitrogens is 2. The van der Waals surface area contributed by atoms with Crippen LogP contribution in [0.3, 0.4) is 0 Å². The van der Waals surface area contributed by atoms with E-state index in [4.69, 9.17) is 5.73 Å². The van der Waals surface area contributed by atoms with E-state index in [1.54, 1.807) is 35.9 Å². The second-order valence-electron chi connectivity index (χ2n) is 4.85. The zero-order chi connectivity index (χ0) is 14.0. The maximum atomic E-state index is 12.2. The monoisotopic (exact) mass is 265 g/mol. The van der Waals surface area contributed by atoms with Gasteiger partial charge < -0.3 is 16.0 Å². The maximum absolute atomic E-state index is 12.2. The van der Waals surface area contributed by atoms with Crippen molar-refractivity contribution in [3.8, 4) is 0 Å². The summed E-state index contributed by atoms with van der Waals surface area (Å²) in [6.07, 6.45) is 4.03. The van der Waals surface area contributed by atoms with Crippen molar-refractivity contribution in [3.05, 3.63) is 12.4 Å². The number of nitrogens with two attached hydrogens (primary N) is 1. The summed E-state index contributed by atoms with van der Waals surface area (Å²) in [4.78, 5) is 25.6. The third-order valence-corrected chi connectivity index (χ3v) is 3.33. The second-order valence-corrected chi connectivity index (χ2v) is 4.85. The molecule has 7 nitrogen and oxygen atoms in total. The molecular weight excluding hydrogens is 246 g/mol. The Morgan fingerprint density at radius 3 is 3.00 bits per heavy atom. The molecule has 0 spiro atoms. The van der Waals surface area contributed by atoms with Gasteiger partial charge in [0.2, 0.25) is 11.8 Å². The smallest absolute Gasteiger partial charge is 0.249 e. The fourth-order valence-corrected chi connectivity index (χ4v) is 2.04. The third-order valence-electron chi connectivity index (χ3n) is 3.33. The lowest BCUT2D eigenvalue weighted by Gasteiger charge is -2.16. The molecule has 2 amide bonds. The summed E-state index contributed by atoms with van der Waals surface area (Å²) in [7, 11) is 1.80. The van der Waals surface area contributed by atoms with Crippen molar-refractivity contribution in [2.24, 2.45) is 18.7 Å². The number of anilines is 1. The summed E-state index contributed by atoms with van der Waals surface area (Å²) in [5.41, 5.74) is 6.20. The van der Waals surface area contributed by atoms with Crippen LogP contribution in [0.2, 0.25) is 0 Å². The highest BCUT2D eigenvalue weighted by Crippen LogP contribution is 2.20. The van der Waals surface area contributed by atoms with Gasteiger partial charge in [-0.1, -0.05) is 6.92 Å². The predicted molar refractivity (Wildman–Crippen MR) is 70.3 cm³/mol. The van der Waals surface area contributed by atoms with Crippen molar-refractivity contribution in [2.45, 2.75) is 19.4 Å². The zero-order valence-corrected chi connectivity index (χ0v) is 11.2. The quantitative estimate of drug-likeness (QED) is 0.748. The molecule has 1 aromatic rings. The topological polar surface area (TPSA) is 93.2 Å². The third kappa shape index (κ3) is 2.76. The first kappa shape index (κ1) is 13.5. The lowest BCUT2D eigenvalue weighted by atomic mass is 10.1. The van der Waals surface area contributed by atoms with Crippen molar-refractivity contribution in [2.75, 3.05) is 18.0 Å². The van der Waals surface area contributed by atoms with Gasteiger partial charge in [-0.25, -0.2) is 0 Å². The fourth-order valence-electron chi connectivity index (χ4n) is 2.04. The predicted octanol–water partition coefficient (Wildman–Crippen LogP) is -0.764. The fraction of sp³-hybridized carbons (Fsp3) is 0.583. The summed E-state index contributed by atoms with van der Waals surface area (Å²) in [5, 5.41) is 6.79. The van der Waals surface area contributed by atoms with Crippen LogP contribution in [0.4, 0.5) is 5.69 Å². The van der Waals surface area contributed by atoms with E-state index in [1.807, 2.05) is 0 Å². The molecule has 19 heavy (non-hydrogen) atoms. The molecule has 1 aliphatic rings. The van der Waals surface area contributed by atoms with E-state index in [1.165, 1.54) is 0 Å². The lowest BCUT2D eigenvalue weighted by Crippen LogP contribution is -2.44. The second kappa shape index (κ2) is 5.40. The van der Waals surface area contributed by atoms with E-state index in [2.05, 4.69) is 10.4 Å². The number of carbonyl (C=O) groups excluding carboxylic acids is 2. The summed E-state index contributed by atoms with van der Waals surface area (Å²) < 4.78 is 1.64. The van der Waals surface area contributed by atoms with E-state index in [0.717, 1.165) is 5.69 Å². The number of nitrogens with zero attached hydrogens (tertiary/aromatic N) is 3. The number of aryl methyl sites for hydroxylation is 1. The van der Waals surface area contributed by atoms with Gasteiger partial charge in [0.1, 0.15) is 6.04 Å². The number of hydrogen-bond donors (Lipinski definition) is 2. The molecule has 3 N–H and O–H groups in total. The molecule has 0 saturated carbocycles. The Balaban J connectivity index is 2.00. The van der Waals surface area contributed by atoms with Crippen LogP contribution in [0, 0.1) is 5.92 Å². The zero-order valence-electron chi connectivity index (χ0n) is 11.2. The van der Waals surface area contributed by atoms with E-state index < -0.39 is 6.04 Å². The van der Waals surface area contributed by atoms with Crippen LogP contribution in [-0.4, -0.2) is 40.7 Å². The first-order valence-corrected chi connectivity index (χ1v) is 6.33. The van der Waals surface area contributed by atoms with Gasteiger partial charge in [-0.15, -0.1) is 0 Å². The van der Waals surface area contributed by atoms with Crippen LogP contribution < -0.4 is 16.0 Å². The van der Waals surface area contributed by atoms with E-state index in [0.29, 0.717) is 13.0 Å². The SMILES string of the molecule is CC(CN)C(=O)NC1CCN(c2cnn(C)c2)C1=O. The van der Waals surface area contributed by atoms with Gasteiger partial charge in [-0.05, 0) is 6.42 Å². The van der Waals surface area contributed by atoms with Crippen molar-refractivity contribution < 1.29 is 9.59 Å². The minimum Gasteiger partial charge on any atom is -0.344 e. The molecule has 1 aliphatic heterocycles. The van der Waals surface area contributed by atoms with Gasteiger partial charge in [0.05, 0.1) is 11.9 Å². The van der Waals surface area contributed by atoms with Crippen molar-refractivity contribution in [1.29, 1.82) is 0 Å². The first-order valence-electron chi connectivity index (χ1n) is 6.33. The van der Waals surface area contributed by atoms with Gasteiger partial charge in [-0.3, -0.25) is 14.3 Å². The van der Waals surface area contributed by atoms with Crippen LogP contribution in [0.25, 0.3) is 0 Å². The maximum Gasteiger partial charge on any atom is 0.249 e. The van der Waals surface area contributed by atoms with Gasteiger partial charge in [0.25, 0.3) is 0 Å². The van der Waals surface area contributed by atoms with Gasteiger partial charge in [0, 0.05) is 32.3 Å². The molecule has 1 saturated heterocycles. The Labute approximate surface area is 111 Å². The average molecular weight is 265 g/mol. The number of nitrogens with one attached hydrogen (secondary N) is 1. The Bertz CT molecular complexity index is 484. The summed E-state index contributed by atoms with van der Waals surface area (Å²) >= 11 is 0. The van der Waals surface area contributed by atoms with Gasteiger partial charge in [-0.2, -0.15) is 5.10 Å². The van der Waals surface area contributed by atoms with Crippen LogP contribution in [0.1, 0.15) is 13.3 Å². The molecule has 2 rings (SSSR count). The lowest BCUT2D eigenvalue weighted by molar-refractivity contribution is -0.128. The summed E-state index contributed by atoms with van der Waals surface area (Å²) in [5.74, 6) is -0.542. The molecule has 7 heteroatoms. The molecule has 2 unspecified atom stereocenters. The Morgan fingerprint density at radius 1 is 1.68 bits per heavy atom. The highest BCUT2D eigenvalue weighted by Gasteiger charge is 2.34. The molecule has 0 radical (unpaired) electrons. The largest absolute Gasteiger partial charge is 0.344 e. The number of hydrogen-bond acceptors (Lipinski definition) is 4. The van der Waals surface area contributed by atoms with E-state index in [9.17, 15) is 9.59 Å².